The average Bonchev–Trinajstić information content (AvgIpc) is 2.39. The molecule has 2 N–H and O–H groups in total. The molecule has 0 saturated heterocycles. The van der Waals surface area contributed by atoms with Gasteiger partial charge in [0.25, 0.3) is 5.91 Å². The summed E-state index contributed by atoms with van der Waals surface area (Å²) < 4.78 is 5.01. The molecule has 19 heavy (non-hydrogen) atoms. The van der Waals surface area contributed by atoms with Gasteiger partial charge in [0.05, 0.1) is 12.7 Å². The van der Waals surface area contributed by atoms with Crippen molar-refractivity contribution in [3.05, 3.63) is 23.8 Å². The molecule has 0 radical (unpaired) electrons. The molecule has 0 aliphatic carbocycles. The number of amides is 1. The van der Waals surface area contributed by atoms with Gasteiger partial charge in [-0.15, -0.1) is 0 Å². The van der Waals surface area contributed by atoms with E-state index in [2.05, 4.69) is 19.2 Å². The summed E-state index contributed by atoms with van der Waals surface area (Å²) in [6.07, 6.45) is 3.94. The first-order valence-electron chi connectivity index (χ1n) is 6.80. The molecule has 0 bridgehead atoms. The zero-order chi connectivity index (χ0) is 14.3. The van der Waals surface area contributed by atoms with E-state index in [1.165, 1.54) is 7.11 Å². The van der Waals surface area contributed by atoms with Crippen molar-refractivity contribution in [3.8, 4) is 11.5 Å². The number of hydrogen-bond donors (Lipinski definition) is 2. The summed E-state index contributed by atoms with van der Waals surface area (Å²) in [5.41, 5.74) is 0.261. The molecule has 0 unspecified atom stereocenters. The molecule has 1 aromatic rings. The number of benzene rings is 1. The SMILES string of the molecule is CCCC(CCC)NC(=O)c1cccc(OC)c1O. The molecule has 0 aromatic heterocycles. The third-order valence-corrected chi connectivity index (χ3v) is 3.07. The molecule has 1 amide bonds. The van der Waals surface area contributed by atoms with E-state index in [4.69, 9.17) is 4.74 Å². The van der Waals surface area contributed by atoms with Gasteiger partial charge < -0.3 is 15.2 Å². The number of aromatic hydroxyl groups is 1. The van der Waals surface area contributed by atoms with Crippen LogP contribution in [0.3, 0.4) is 0 Å². The van der Waals surface area contributed by atoms with Crippen LogP contribution < -0.4 is 10.1 Å². The number of ether oxygens (including phenoxy) is 1. The minimum absolute atomic E-state index is 0.103. The topological polar surface area (TPSA) is 58.6 Å². The van der Waals surface area contributed by atoms with Crippen LogP contribution in [0.1, 0.15) is 49.9 Å². The van der Waals surface area contributed by atoms with Crippen molar-refractivity contribution in [3.63, 3.8) is 0 Å². The van der Waals surface area contributed by atoms with Gasteiger partial charge in [-0.05, 0) is 25.0 Å². The number of para-hydroxylation sites is 1. The molecule has 0 saturated carbocycles. The zero-order valence-electron chi connectivity index (χ0n) is 11.9. The summed E-state index contributed by atoms with van der Waals surface area (Å²) >= 11 is 0. The molecule has 0 fully saturated rings. The lowest BCUT2D eigenvalue weighted by Crippen LogP contribution is -2.34. The fraction of sp³-hybridized carbons (Fsp3) is 0.533. The van der Waals surface area contributed by atoms with Crippen LogP contribution >= 0.6 is 0 Å². The van der Waals surface area contributed by atoms with Gasteiger partial charge in [-0.25, -0.2) is 0 Å². The standard InChI is InChI=1S/C15H23NO3/c1-4-7-11(8-5-2)16-15(18)12-9-6-10-13(19-3)14(12)17/h6,9-11,17H,4-5,7-8H2,1-3H3,(H,16,18). The van der Waals surface area contributed by atoms with Crippen LogP contribution in [-0.2, 0) is 0 Å². The van der Waals surface area contributed by atoms with E-state index >= 15 is 0 Å². The average molecular weight is 265 g/mol. The molecule has 1 aromatic carbocycles. The van der Waals surface area contributed by atoms with E-state index in [1.807, 2.05) is 0 Å². The highest BCUT2D eigenvalue weighted by molar-refractivity contribution is 5.97. The molecule has 0 aliphatic rings. The van der Waals surface area contributed by atoms with Crippen LogP contribution in [-0.4, -0.2) is 24.2 Å². The summed E-state index contributed by atoms with van der Waals surface area (Å²) in [7, 11) is 1.47. The Morgan fingerprint density at radius 1 is 1.32 bits per heavy atom. The Bertz CT molecular complexity index is 412. The Morgan fingerprint density at radius 3 is 2.47 bits per heavy atom. The van der Waals surface area contributed by atoms with E-state index in [-0.39, 0.29) is 23.3 Å². The molecular formula is C15H23NO3. The van der Waals surface area contributed by atoms with Crippen LogP contribution in [0.4, 0.5) is 0 Å². The summed E-state index contributed by atoms with van der Waals surface area (Å²) in [4.78, 5) is 12.2. The maximum absolute atomic E-state index is 12.2. The van der Waals surface area contributed by atoms with Gasteiger partial charge in [0.2, 0.25) is 0 Å². The molecule has 106 valence electrons. The van der Waals surface area contributed by atoms with Gasteiger partial charge in [0, 0.05) is 6.04 Å². The Kier molecular flexibility index (Phi) is 6.19. The Morgan fingerprint density at radius 2 is 1.95 bits per heavy atom. The number of rotatable bonds is 7. The molecule has 0 aliphatic heterocycles. The summed E-state index contributed by atoms with van der Waals surface area (Å²) in [6, 6.07) is 5.08. The van der Waals surface area contributed by atoms with E-state index in [0.717, 1.165) is 25.7 Å². The largest absolute Gasteiger partial charge is 0.504 e. The van der Waals surface area contributed by atoms with E-state index in [9.17, 15) is 9.90 Å². The number of hydrogen-bond acceptors (Lipinski definition) is 3. The van der Waals surface area contributed by atoms with Crippen molar-refractivity contribution in [2.45, 2.75) is 45.6 Å². The second-order valence-corrected chi connectivity index (χ2v) is 4.60. The van der Waals surface area contributed by atoms with Crippen LogP contribution in [0, 0.1) is 0 Å². The fourth-order valence-corrected chi connectivity index (χ4v) is 2.12. The zero-order valence-corrected chi connectivity index (χ0v) is 11.9. The third-order valence-electron chi connectivity index (χ3n) is 3.07. The highest BCUT2D eigenvalue weighted by Crippen LogP contribution is 2.29. The number of carbonyl (C=O) groups is 1. The van der Waals surface area contributed by atoms with Crippen LogP contribution in [0.25, 0.3) is 0 Å². The van der Waals surface area contributed by atoms with Crippen LogP contribution in [0.2, 0.25) is 0 Å². The first-order valence-corrected chi connectivity index (χ1v) is 6.80. The lowest BCUT2D eigenvalue weighted by atomic mass is 10.1. The van der Waals surface area contributed by atoms with Crippen molar-refractivity contribution in [1.29, 1.82) is 0 Å². The molecule has 0 heterocycles. The van der Waals surface area contributed by atoms with E-state index < -0.39 is 0 Å². The number of methoxy groups -OCH3 is 1. The van der Waals surface area contributed by atoms with Crippen molar-refractivity contribution >= 4 is 5.91 Å². The first kappa shape index (κ1) is 15.3. The van der Waals surface area contributed by atoms with Gasteiger partial charge in [-0.1, -0.05) is 32.8 Å². The number of phenolic OH excluding ortho intramolecular Hbond substituents is 1. The fourth-order valence-electron chi connectivity index (χ4n) is 2.12. The molecule has 0 spiro atoms. The van der Waals surface area contributed by atoms with E-state index in [0.29, 0.717) is 5.75 Å². The highest BCUT2D eigenvalue weighted by atomic mass is 16.5. The van der Waals surface area contributed by atoms with Crippen LogP contribution in [0.15, 0.2) is 18.2 Å². The molecule has 4 heteroatoms. The van der Waals surface area contributed by atoms with Crippen molar-refractivity contribution < 1.29 is 14.6 Å². The van der Waals surface area contributed by atoms with Gasteiger partial charge in [0.15, 0.2) is 11.5 Å². The van der Waals surface area contributed by atoms with Crippen LogP contribution in [0.5, 0.6) is 11.5 Å². The Labute approximate surface area is 114 Å². The van der Waals surface area contributed by atoms with Gasteiger partial charge in [-0.2, -0.15) is 0 Å². The summed E-state index contributed by atoms with van der Waals surface area (Å²) in [5, 5.41) is 12.9. The first-order chi connectivity index (χ1) is 9.13. The number of phenols is 1. The summed E-state index contributed by atoms with van der Waals surface area (Å²) in [5.74, 6) is -0.0345. The summed E-state index contributed by atoms with van der Waals surface area (Å²) in [6.45, 7) is 4.19. The minimum atomic E-state index is -0.247. The van der Waals surface area contributed by atoms with Gasteiger partial charge in [-0.3, -0.25) is 4.79 Å². The molecule has 4 nitrogen and oxygen atoms in total. The van der Waals surface area contributed by atoms with E-state index in [1.54, 1.807) is 18.2 Å². The molecule has 1 rings (SSSR count). The normalized spacial score (nSPS) is 10.5. The highest BCUT2D eigenvalue weighted by Gasteiger charge is 2.17. The monoisotopic (exact) mass is 265 g/mol. The lowest BCUT2D eigenvalue weighted by Gasteiger charge is -2.18. The maximum Gasteiger partial charge on any atom is 0.255 e. The third kappa shape index (κ3) is 4.16. The smallest absolute Gasteiger partial charge is 0.255 e. The second-order valence-electron chi connectivity index (χ2n) is 4.60. The minimum Gasteiger partial charge on any atom is -0.504 e. The predicted molar refractivity (Wildman–Crippen MR) is 75.7 cm³/mol. The lowest BCUT2D eigenvalue weighted by molar-refractivity contribution is 0.0929. The Hall–Kier alpha value is -1.71. The van der Waals surface area contributed by atoms with Gasteiger partial charge >= 0.3 is 0 Å². The predicted octanol–water partition coefficient (Wildman–Crippen LogP) is 3.10. The Balaban J connectivity index is 2.82. The number of nitrogens with one attached hydrogen (secondary N) is 1. The maximum atomic E-state index is 12.2. The van der Waals surface area contributed by atoms with Crippen molar-refractivity contribution in [2.75, 3.05) is 7.11 Å². The van der Waals surface area contributed by atoms with Gasteiger partial charge in [0.1, 0.15) is 0 Å². The quantitative estimate of drug-likeness (QED) is 0.796. The second kappa shape index (κ2) is 7.67. The molecule has 0 atom stereocenters. The van der Waals surface area contributed by atoms with Crippen molar-refractivity contribution in [2.24, 2.45) is 0 Å². The number of carbonyl (C=O) groups excluding carboxylic acids is 1. The van der Waals surface area contributed by atoms with Crippen molar-refractivity contribution in [1.82, 2.24) is 5.32 Å². The molecular weight excluding hydrogens is 242 g/mol.